The largest absolute Gasteiger partial charge is 0.444 e. The van der Waals surface area contributed by atoms with Crippen molar-refractivity contribution in [2.45, 2.75) is 47.1 Å². The Labute approximate surface area is 180 Å². The molecule has 1 aromatic rings. The molecule has 1 saturated heterocycles. The minimum absolute atomic E-state index is 0.254. The van der Waals surface area contributed by atoms with Gasteiger partial charge in [-0.1, -0.05) is 18.7 Å². The van der Waals surface area contributed by atoms with Crippen LogP contribution >= 0.6 is 0 Å². The van der Waals surface area contributed by atoms with Gasteiger partial charge in [-0.25, -0.2) is 4.79 Å². The van der Waals surface area contributed by atoms with E-state index in [4.69, 9.17) is 4.74 Å². The van der Waals surface area contributed by atoms with Crippen LogP contribution in [0.5, 0.6) is 0 Å². The molecule has 2 heterocycles. The summed E-state index contributed by atoms with van der Waals surface area (Å²) in [6.45, 7) is 18.2. The molecular weight excluding hydrogens is 376 g/mol. The van der Waals surface area contributed by atoms with Crippen molar-refractivity contribution in [2.24, 2.45) is 4.99 Å². The van der Waals surface area contributed by atoms with Gasteiger partial charge >= 0.3 is 6.09 Å². The van der Waals surface area contributed by atoms with E-state index in [9.17, 15) is 4.79 Å². The lowest BCUT2D eigenvalue weighted by atomic mass is 9.95. The standard InChI is InChI=1S/C24H34N4O2/c1-8-20(21-12-10-11-13-26-21)22(18(3)25-9-2)19(4)27-14-16-28(17-15-27)23(29)30-24(5,6)7/h8-13H,2,14-17H2,1,3-7H3/b20-8-,22-19-,25-18?. The Kier molecular flexibility index (Phi) is 7.98. The zero-order chi connectivity index (χ0) is 22.3. The highest BCUT2D eigenvalue weighted by Gasteiger charge is 2.27. The highest BCUT2D eigenvalue weighted by Crippen LogP contribution is 2.28. The molecule has 1 amide bonds. The van der Waals surface area contributed by atoms with E-state index in [2.05, 4.69) is 34.5 Å². The number of pyridine rings is 1. The lowest BCUT2D eigenvalue weighted by molar-refractivity contribution is 0.0168. The summed E-state index contributed by atoms with van der Waals surface area (Å²) in [7, 11) is 0. The predicted octanol–water partition coefficient (Wildman–Crippen LogP) is 4.92. The molecule has 2 rings (SSSR count). The number of carbonyl (C=O) groups excluding carboxylic acids is 1. The highest BCUT2D eigenvalue weighted by atomic mass is 16.6. The summed E-state index contributed by atoms with van der Waals surface area (Å²) in [5.41, 5.74) is 4.49. The maximum Gasteiger partial charge on any atom is 0.410 e. The van der Waals surface area contributed by atoms with Crippen molar-refractivity contribution in [3.63, 3.8) is 0 Å². The van der Waals surface area contributed by atoms with Crippen molar-refractivity contribution in [3.8, 4) is 0 Å². The molecule has 0 spiro atoms. The first-order valence-electron chi connectivity index (χ1n) is 10.4. The molecule has 0 atom stereocenters. The van der Waals surface area contributed by atoms with Crippen molar-refractivity contribution >= 4 is 17.4 Å². The summed E-state index contributed by atoms with van der Waals surface area (Å²) in [6, 6.07) is 5.90. The van der Waals surface area contributed by atoms with Gasteiger partial charge in [0.2, 0.25) is 0 Å². The monoisotopic (exact) mass is 410 g/mol. The normalized spacial score (nSPS) is 16.9. The summed E-state index contributed by atoms with van der Waals surface area (Å²) < 4.78 is 5.51. The Bertz CT molecular complexity index is 840. The number of rotatable bonds is 5. The number of hydrogen-bond donors (Lipinski definition) is 0. The molecule has 0 aromatic carbocycles. The lowest BCUT2D eigenvalue weighted by Gasteiger charge is -2.38. The van der Waals surface area contributed by atoms with E-state index in [0.29, 0.717) is 13.1 Å². The summed E-state index contributed by atoms with van der Waals surface area (Å²) in [4.78, 5) is 25.5. The molecular formula is C24H34N4O2. The number of aromatic nitrogens is 1. The molecule has 1 fully saturated rings. The van der Waals surface area contributed by atoms with Crippen LogP contribution < -0.4 is 0 Å². The molecule has 0 N–H and O–H groups in total. The van der Waals surface area contributed by atoms with Gasteiger partial charge in [0.25, 0.3) is 0 Å². The third kappa shape index (κ3) is 6.05. The third-order valence-electron chi connectivity index (χ3n) is 4.91. The van der Waals surface area contributed by atoms with Crippen LogP contribution in [-0.2, 0) is 4.74 Å². The Morgan fingerprint density at radius 2 is 1.80 bits per heavy atom. The first kappa shape index (κ1) is 23.4. The molecule has 162 valence electrons. The fourth-order valence-corrected chi connectivity index (χ4v) is 3.50. The number of carbonyl (C=O) groups is 1. The third-order valence-corrected chi connectivity index (χ3v) is 4.91. The second-order valence-corrected chi connectivity index (χ2v) is 8.23. The van der Waals surface area contributed by atoms with Crippen LogP contribution in [0.2, 0.25) is 0 Å². The van der Waals surface area contributed by atoms with Crippen LogP contribution in [0, 0.1) is 0 Å². The topological polar surface area (TPSA) is 58.0 Å². The van der Waals surface area contributed by atoms with E-state index in [-0.39, 0.29) is 6.09 Å². The highest BCUT2D eigenvalue weighted by molar-refractivity contribution is 6.12. The van der Waals surface area contributed by atoms with Gasteiger partial charge in [-0.2, -0.15) is 0 Å². The molecule has 1 aromatic heterocycles. The molecule has 0 unspecified atom stereocenters. The molecule has 30 heavy (non-hydrogen) atoms. The molecule has 0 bridgehead atoms. The van der Waals surface area contributed by atoms with E-state index < -0.39 is 5.60 Å². The Morgan fingerprint density at radius 3 is 2.30 bits per heavy atom. The lowest BCUT2D eigenvalue weighted by Crippen LogP contribution is -2.49. The van der Waals surface area contributed by atoms with Crippen LogP contribution in [0.3, 0.4) is 0 Å². The fraction of sp³-hybridized carbons (Fsp3) is 0.458. The number of ether oxygens (including phenoxy) is 1. The minimum atomic E-state index is -0.487. The summed E-state index contributed by atoms with van der Waals surface area (Å²) >= 11 is 0. The summed E-state index contributed by atoms with van der Waals surface area (Å²) in [6.07, 6.45) is 5.18. The summed E-state index contributed by atoms with van der Waals surface area (Å²) in [5, 5.41) is 0. The van der Waals surface area contributed by atoms with E-state index in [1.165, 1.54) is 0 Å². The number of piperazine rings is 1. The Morgan fingerprint density at radius 1 is 1.17 bits per heavy atom. The minimum Gasteiger partial charge on any atom is -0.444 e. The zero-order valence-electron chi connectivity index (χ0n) is 19.1. The SMILES string of the molecule is C=CN=C(C)C(/C(=C\C)c1ccccn1)=C(\C)N1CCN(C(=O)OC(C)(C)C)CC1. The molecule has 0 saturated carbocycles. The van der Waals surface area contributed by atoms with E-state index in [0.717, 1.165) is 41.3 Å². The van der Waals surface area contributed by atoms with Gasteiger partial charge < -0.3 is 14.5 Å². The second-order valence-electron chi connectivity index (χ2n) is 8.23. The fourth-order valence-electron chi connectivity index (χ4n) is 3.50. The van der Waals surface area contributed by atoms with Crippen molar-refractivity contribution in [1.82, 2.24) is 14.8 Å². The molecule has 1 aliphatic rings. The average Bonchev–Trinajstić information content (AvgIpc) is 2.71. The van der Waals surface area contributed by atoms with E-state index in [1.807, 2.05) is 52.8 Å². The van der Waals surface area contributed by atoms with Crippen LogP contribution in [-0.4, -0.2) is 58.4 Å². The number of amides is 1. The molecule has 1 aliphatic heterocycles. The van der Waals surface area contributed by atoms with Gasteiger partial charge in [-0.15, -0.1) is 0 Å². The van der Waals surface area contributed by atoms with Gasteiger partial charge in [-0.3, -0.25) is 9.98 Å². The van der Waals surface area contributed by atoms with Crippen molar-refractivity contribution in [1.29, 1.82) is 0 Å². The van der Waals surface area contributed by atoms with Crippen molar-refractivity contribution in [2.75, 3.05) is 26.2 Å². The Hall–Kier alpha value is -2.89. The molecule has 0 aliphatic carbocycles. The van der Waals surface area contributed by atoms with Gasteiger partial charge in [0.1, 0.15) is 5.60 Å². The molecule has 0 radical (unpaired) electrons. The van der Waals surface area contributed by atoms with Crippen LogP contribution in [0.15, 0.2) is 59.5 Å². The number of nitrogens with zero attached hydrogens (tertiary/aromatic N) is 4. The first-order chi connectivity index (χ1) is 14.2. The first-order valence-corrected chi connectivity index (χ1v) is 10.4. The van der Waals surface area contributed by atoms with Crippen LogP contribution in [0.1, 0.15) is 47.2 Å². The molecule has 6 heteroatoms. The quantitative estimate of drug-likeness (QED) is 0.511. The average molecular weight is 411 g/mol. The van der Waals surface area contributed by atoms with Gasteiger partial charge in [0.15, 0.2) is 0 Å². The van der Waals surface area contributed by atoms with Crippen molar-refractivity contribution in [3.05, 3.63) is 60.2 Å². The predicted molar refractivity (Wildman–Crippen MR) is 123 cm³/mol. The number of aliphatic imine (C=N–C) groups is 1. The maximum atomic E-state index is 12.4. The summed E-state index contributed by atoms with van der Waals surface area (Å²) in [5.74, 6) is 0. The van der Waals surface area contributed by atoms with Crippen LogP contribution in [0.25, 0.3) is 5.57 Å². The number of hydrogen-bond acceptors (Lipinski definition) is 5. The number of allylic oxidation sites excluding steroid dienone is 4. The van der Waals surface area contributed by atoms with Crippen molar-refractivity contribution < 1.29 is 9.53 Å². The Balaban J connectivity index is 2.30. The molecule has 6 nitrogen and oxygen atoms in total. The van der Waals surface area contributed by atoms with E-state index in [1.54, 1.807) is 17.3 Å². The van der Waals surface area contributed by atoms with Crippen LogP contribution in [0.4, 0.5) is 4.79 Å². The second kappa shape index (κ2) is 10.2. The smallest absolute Gasteiger partial charge is 0.410 e. The van der Waals surface area contributed by atoms with Gasteiger partial charge in [0, 0.05) is 61.1 Å². The van der Waals surface area contributed by atoms with Gasteiger partial charge in [0.05, 0.1) is 5.69 Å². The zero-order valence-corrected chi connectivity index (χ0v) is 19.1. The van der Waals surface area contributed by atoms with Gasteiger partial charge in [-0.05, 0) is 53.7 Å². The van der Waals surface area contributed by atoms with E-state index >= 15 is 0 Å². The maximum absolute atomic E-state index is 12.4.